The molecule has 0 amide bonds. The van der Waals surface area contributed by atoms with E-state index in [1.54, 1.807) is 0 Å². The Kier molecular flexibility index (Phi) is 6.03. The van der Waals surface area contributed by atoms with Crippen molar-refractivity contribution in [2.45, 2.75) is 49.3 Å². The monoisotopic (exact) mass is 452 g/mol. The highest BCUT2D eigenvalue weighted by molar-refractivity contribution is 5.52. The van der Waals surface area contributed by atoms with Crippen molar-refractivity contribution in [2.75, 3.05) is 6.61 Å². The fraction of sp³-hybridized carbons (Fsp3) is 0.429. The van der Waals surface area contributed by atoms with E-state index in [4.69, 9.17) is 14.2 Å². The second-order valence-electron chi connectivity index (χ2n) is 7.79. The average molecular weight is 452 g/mol. The Labute approximate surface area is 181 Å². The van der Waals surface area contributed by atoms with Crippen LogP contribution in [0.3, 0.4) is 0 Å². The number of aliphatic hydroxyl groups excluding tert-OH is 5. The van der Waals surface area contributed by atoms with Crippen molar-refractivity contribution in [2.24, 2.45) is 0 Å². The zero-order valence-corrected chi connectivity index (χ0v) is 16.6. The van der Waals surface area contributed by atoms with Gasteiger partial charge in [0.15, 0.2) is 11.5 Å². The number of phenolic OH excluding ortho intramolecular Hbond substituents is 3. The largest absolute Gasteiger partial charge is 0.508 e. The van der Waals surface area contributed by atoms with Crippen LogP contribution in [0.15, 0.2) is 30.3 Å². The van der Waals surface area contributed by atoms with Crippen LogP contribution in [0.2, 0.25) is 0 Å². The van der Waals surface area contributed by atoms with Crippen molar-refractivity contribution in [1.29, 1.82) is 0 Å². The van der Waals surface area contributed by atoms with Crippen LogP contribution >= 0.6 is 0 Å². The van der Waals surface area contributed by atoms with Crippen molar-refractivity contribution in [3.63, 3.8) is 0 Å². The molecule has 2 aromatic rings. The van der Waals surface area contributed by atoms with E-state index in [9.17, 15) is 40.9 Å². The standard InChI is InChI=1S/C21H24O11/c22-7-16-17(27)18(28)19(29)21(32-16)31-15-5-9(23)4-14-10(15)6-13(26)20(30-14)8-1-2-11(24)12(25)3-8/h1-5,13,16-29H,6-7H2/t13-,16+,17+,18+,19+,20+,21+/m0/s1. The van der Waals surface area contributed by atoms with Gasteiger partial charge < -0.3 is 55.1 Å². The molecule has 0 saturated carbocycles. The summed E-state index contributed by atoms with van der Waals surface area (Å²) in [6.07, 6.45) is -9.56. The molecule has 2 aromatic carbocycles. The van der Waals surface area contributed by atoms with E-state index in [0.29, 0.717) is 11.1 Å². The molecule has 0 radical (unpaired) electrons. The second kappa shape index (κ2) is 8.62. The number of phenols is 3. The van der Waals surface area contributed by atoms with E-state index < -0.39 is 49.5 Å². The van der Waals surface area contributed by atoms with Gasteiger partial charge in [-0.05, 0) is 17.7 Å². The molecule has 2 aliphatic rings. The van der Waals surface area contributed by atoms with Crippen LogP contribution in [0.4, 0.5) is 0 Å². The summed E-state index contributed by atoms with van der Waals surface area (Å²) < 4.78 is 16.8. The molecule has 2 heterocycles. The van der Waals surface area contributed by atoms with Gasteiger partial charge in [-0.2, -0.15) is 0 Å². The van der Waals surface area contributed by atoms with Gasteiger partial charge in [-0.25, -0.2) is 0 Å². The number of aliphatic hydroxyl groups is 5. The number of fused-ring (bicyclic) bond motifs is 1. The molecule has 2 aliphatic heterocycles. The number of aromatic hydroxyl groups is 3. The van der Waals surface area contributed by atoms with Crippen LogP contribution in [-0.2, 0) is 11.2 Å². The maximum absolute atomic E-state index is 10.7. The zero-order chi connectivity index (χ0) is 23.2. The SMILES string of the molecule is OC[C@H]1O[C@@H](Oc2cc(O)cc3c2C[C@H](O)[C@@H](c2ccc(O)c(O)c2)O3)[C@H](O)[C@H](O)[C@@H]1O. The molecular formula is C21H24O11. The number of ether oxygens (including phenoxy) is 3. The molecule has 174 valence electrons. The molecule has 0 aliphatic carbocycles. The molecule has 0 unspecified atom stereocenters. The summed E-state index contributed by atoms with van der Waals surface area (Å²) in [6, 6.07) is 6.49. The third-order valence-electron chi connectivity index (χ3n) is 5.59. The Morgan fingerprint density at radius 1 is 0.906 bits per heavy atom. The minimum Gasteiger partial charge on any atom is -0.508 e. The summed E-state index contributed by atoms with van der Waals surface area (Å²) in [5.41, 5.74) is 0.727. The first-order valence-electron chi connectivity index (χ1n) is 9.89. The Hall–Kier alpha value is -2.80. The lowest BCUT2D eigenvalue weighted by molar-refractivity contribution is -0.277. The summed E-state index contributed by atoms with van der Waals surface area (Å²) >= 11 is 0. The zero-order valence-electron chi connectivity index (χ0n) is 16.6. The lowest BCUT2D eigenvalue weighted by Crippen LogP contribution is -2.60. The highest BCUT2D eigenvalue weighted by Crippen LogP contribution is 2.44. The summed E-state index contributed by atoms with van der Waals surface area (Å²) in [5.74, 6) is -0.811. The number of benzene rings is 2. The summed E-state index contributed by atoms with van der Waals surface area (Å²) in [6.45, 7) is -0.633. The van der Waals surface area contributed by atoms with Gasteiger partial charge in [-0.3, -0.25) is 0 Å². The van der Waals surface area contributed by atoms with Gasteiger partial charge >= 0.3 is 0 Å². The Bertz CT molecular complexity index is 978. The minimum absolute atomic E-state index is 0.00428. The van der Waals surface area contributed by atoms with Crippen molar-refractivity contribution in [3.8, 4) is 28.7 Å². The molecule has 1 fully saturated rings. The number of hydrogen-bond acceptors (Lipinski definition) is 11. The normalized spacial score (nSPS) is 32.1. The first-order chi connectivity index (χ1) is 15.2. The van der Waals surface area contributed by atoms with Gasteiger partial charge in [0.1, 0.15) is 47.8 Å². The minimum atomic E-state index is -1.66. The van der Waals surface area contributed by atoms with Crippen LogP contribution in [0.25, 0.3) is 0 Å². The van der Waals surface area contributed by atoms with E-state index in [-0.39, 0.29) is 35.2 Å². The molecule has 1 saturated heterocycles. The predicted molar refractivity (Wildman–Crippen MR) is 105 cm³/mol. The van der Waals surface area contributed by atoms with Crippen LogP contribution in [0.5, 0.6) is 28.7 Å². The van der Waals surface area contributed by atoms with Crippen molar-refractivity contribution in [3.05, 3.63) is 41.5 Å². The van der Waals surface area contributed by atoms with Crippen molar-refractivity contribution in [1.82, 2.24) is 0 Å². The van der Waals surface area contributed by atoms with Crippen molar-refractivity contribution >= 4 is 0 Å². The predicted octanol–water partition coefficient (Wildman–Crippen LogP) is -0.981. The molecule has 4 rings (SSSR count). The fourth-order valence-corrected chi connectivity index (χ4v) is 3.85. The molecule has 7 atom stereocenters. The Morgan fingerprint density at radius 2 is 1.66 bits per heavy atom. The molecule has 8 N–H and O–H groups in total. The summed E-state index contributed by atoms with van der Waals surface area (Å²) in [5, 5.41) is 79.5. The first-order valence-corrected chi connectivity index (χ1v) is 9.89. The fourth-order valence-electron chi connectivity index (χ4n) is 3.85. The lowest BCUT2D eigenvalue weighted by atomic mass is 9.93. The molecule has 0 spiro atoms. The molecular weight excluding hydrogens is 428 g/mol. The van der Waals surface area contributed by atoms with Gasteiger partial charge in [0.25, 0.3) is 0 Å². The third-order valence-corrected chi connectivity index (χ3v) is 5.59. The van der Waals surface area contributed by atoms with Crippen LogP contribution in [0.1, 0.15) is 17.2 Å². The molecule has 11 nitrogen and oxygen atoms in total. The van der Waals surface area contributed by atoms with E-state index in [1.165, 1.54) is 30.3 Å². The second-order valence-corrected chi connectivity index (χ2v) is 7.79. The highest BCUT2D eigenvalue weighted by atomic mass is 16.7. The van der Waals surface area contributed by atoms with Gasteiger partial charge in [0, 0.05) is 24.1 Å². The summed E-state index contributed by atoms with van der Waals surface area (Å²) in [4.78, 5) is 0. The highest BCUT2D eigenvalue weighted by Gasteiger charge is 2.45. The average Bonchev–Trinajstić information content (AvgIpc) is 2.76. The van der Waals surface area contributed by atoms with E-state index in [2.05, 4.69) is 0 Å². The summed E-state index contributed by atoms with van der Waals surface area (Å²) in [7, 11) is 0. The van der Waals surface area contributed by atoms with Gasteiger partial charge in [0.05, 0.1) is 12.7 Å². The number of rotatable bonds is 4. The number of hydrogen-bond donors (Lipinski definition) is 8. The van der Waals surface area contributed by atoms with Gasteiger partial charge in [-0.1, -0.05) is 6.07 Å². The maximum atomic E-state index is 10.7. The van der Waals surface area contributed by atoms with Crippen molar-refractivity contribution < 1.29 is 55.1 Å². The Morgan fingerprint density at radius 3 is 2.34 bits per heavy atom. The van der Waals surface area contributed by atoms with E-state index in [1.807, 2.05) is 0 Å². The topological polar surface area (TPSA) is 190 Å². The lowest BCUT2D eigenvalue weighted by Gasteiger charge is -2.40. The maximum Gasteiger partial charge on any atom is 0.229 e. The van der Waals surface area contributed by atoms with E-state index in [0.717, 1.165) is 0 Å². The third kappa shape index (κ3) is 4.01. The van der Waals surface area contributed by atoms with Gasteiger partial charge in [0.2, 0.25) is 6.29 Å². The molecule has 32 heavy (non-hydrogen) atoms. The first kappa shape index (κ1) is 22.4. The van der Waals surface area contributed by atoms with Gasteiger partial charge in [-0.15, -0.1) is 0 Å². The van der Waals surface area contributed by atoms with Crippen LogP contribution in [-0.4, -0.2) is 84.3 Å². The van der Waals surface area contributed by atoms with E-state index >= 15 is 0 Å². The van der Waals surface area contributed by atoms with Crippen LogP contribution < -0.4 is 9.47 Å². The van der Waals surface area contributed by atoms with Crippen LogP contribution in [0, 0.1) is 0 Å². The Balaban J connectivity index is 1.62. The molecule has 0 aromatic heterocycles. The quantitative estimate of drug-likeness (QED) is 0.266. The smallest absolute Gasteiger partial charge is 0.229 e. The molecule has 11 heteroatoms. The molecule has 0 bridgehead atoms.